The van der Waals surface area contributed by atoms with Crippen molar-refractivity contribution >= 4 is 22.5 Å². The van der Waals surface area contributed by atoms with Crippen LogP contribution in [0.25, 0.3) is 10.9 Å². The first kappa shape index (κ1) is 23.2. The summed E-state index contributed by atoms with van der Waals surface area (Å²) in [6.07, 6.45) is 12.2. The van der Waals surface area contributed by atoms with Crippen molar-refractivity contribution in [1.29, 1.82) is 0 Å². The van der Waals surface area contributed by atoms with Crippen molar-refractivity contribution in [2.75, 3.05) is 26.2 Å². The van der Waals surface area contributed by atoms with Crippen LogP contribution in [0, 0.1) is 11.3 Å². The van der Waals surface area contributed by atoms with Gasteiger partial charge in [0.05, 0.1) is 22.9 Å². The van der Waals surface area contributed by atoms with Gasteiger partial charge < -0.3 is 9.64 Å². The molecule has 2 aromatic heterocycles. The molecule has 2 saturated heterocycles. The van der Waals surface area contributed by atoms with Crippen molar-refractivity contribution in [2.45, 2.75) is 57.6 Å². The molecule has 3 fully saturated rings. The van der Waals surface area contributed by atoms with E-state index in [-0.39, 0.29) is 11.8 Å². The van der Waals surface area contributed by atoms with Crippen molar-refractivity contribution in [3.63, 3.8) is 0 Å². The summed E-state index contributed by atoms with van der Waals surface area (Å²) in [5.41, 5.74) is 3.81. The topological polar surface area (TPSA) is 65.2 Å². The fourth-order valence-electron chi connectivity index (χ4n) is 6.59. The lowest BCUT2D eigenvalue weighted by molar-refractivity contribution is -0.0936. The number of ether oxygens (including phenoxy) is 1. The van der Waals surface area contributed by atoms with Crippen LogP contribution in [0.3, 0.4) is 0 Å². The zero-order valence-corrected chi connectivity index (χ0v) is 21.2. The molecule has 3 aromatic rings. The average Bonchev–Trinajstić information content (AvgIpc) is 3.19. The van der Waals surface area contributed by atoms with Crippen molar-refractivity contribution in [2.24, 2.45) is 18.4 Å². The molecule has 4 heterocycles. The molecule has 1 saturated carbocycles. The highest BCUT2D eigenvalue weighted by Crippen LogP contribution is 2.53. The third-order valence-corrected chi connectivity index (χ3v) is 8.66. The maximum Gasteiger partial charge on any atom is 0.269 e. The number of likely N-dealkylation sites (tertiary alicyclic amines) is 1. The SMILES string of the molecule is Cn1ncc2ccc(CC3CC4(C3)CN(CCCc3cnn(C5CCCCO5)c(=O)c3)C4)c(Cl)c21. The second-order valence-corrected chi connectivity index (χ2v) is 11.4. The molecule has 2 aliphatic heterocycles. The minimum Gasteiger partial charge on any atom is -0.356 e. The molecule has 1 aliphatic carbocycles. The average molecular weight is 496 g/mol. The summed E-state index contributed by atoms with van der Waals surface area (Å²) in [4.78, 5) is 15.0. The van der Waals surface area contributed by atoms with Crippen LogP contribution in [-0.2, 0) is 24.6 Å². The van der Waals surface area contributed by atoms with E-state index in [1.807, 2.05) is 24.1 Å². The van der Waals surface area contributed by atoms with Crippen LogP contribution in [0.2, 0.25) is 5.02 Å². The van der Waals surface area contributed by atoms with E-state index < -0.39 is 0 Å². The van der Waals surface area contributed by atoms with Crippen molar-refractivity contribution < 1.29 is 4.74 Å². The van der Waals surface area contributed by atoms with Gasteiger partial charge in [0.2, 0.25) is 0 Å². The number of aromatic nitrogens is 4. The Balaban J connectivity index is 0.943. The molecule has 1 spiro atoms. The lowest BCUT2D eigenvalue weighted by Crippen LogP contribution is -2.62. The molecule has 1 unspecified atom stereocenters. The predicted octanol–water partition coefficient (Wildman–Crippen LogP) is 4.37. The van der Waals surface area contributed by atoms with E-state index in [2.05, 4.69) is 27.2 Å². The summed E-state index contributed by atoms with van der Waals surface area (Å²) in [5.74, 6) is 0.728. The summed E-state index contributed by atoms with van der Waals surface area (Å²) in [7, 11) is 1.95. The number of hydrogen-bond acceptors (Lipinski definition) is 5. The lowest BCUT2D eigenvalue weighted by atomic mass is 9.56. The standard InChI is InChI=1S/C27H34ClN5O2/c1-31-26-22(16-29-31)8-7-21(25(26)28)11-20-13-27(14-20)17-32(18-27)9-4-5-19-12-23(34)33(30-15-19)24-6-2-3-10-35-24/h7-8,12,15-16,20,24H,2-6,9-11,13-14,17-18H2,1H3. The Morgan fingerprint density at radius 1 is 1.17 bits per heavy atom. The van der Waals surface area contributed by atoms with Crippen LogP contribution in [0.1, 0.15) is 55.9 Å². The summed E-state index contributed by atoms with van der Waals surface area (Å²) in [6.45, 7) is 4.21. The van der Waals surface area contributed by atoms with Gasteiger partial charge in [0.1, 0.15) is 0 Å². The molecule has 6 rings (SSSR count). The van der Waals surface area contributed by atoms with Gasteiger partial charge in [-0.05, 0) is 80.4 Å². The third-order valence-electron chi connectivity index (χ3n) is 8.24. The smallest absolute Gasteiger partial charge is 0.269 e. The number of aryl methyl sites for hydroxylation is 2. The number of halogens is 1. The van der Waals surface area contributed by atoms with Crippen molar-refractivity contribution in [3.05, 3.63) is 57.1 Å². The van der Waals surface area contributed by atoms with Gasteiger partial charge in [-0.15, -0.1) is 0 Å². The van der Waals surface area contributed by atoms with E-state index in [0.717, 1.165) is 72.5 Å². The number of hydrogen-bond donors (Lipinski definition) is 0. The summed E-state index contributed by atoms with van der Waals surface area (Å²) < 4.78 is 9.09. The maximum absolute atomic E-state index is 12.5. The van der Waals surface area contributed by atoms with Crippen LogP contribution in [0.4, 0.5) is 0 Å². The van der Waals surface area contributed by atoms with Crippen molar-refractivity contribution in [1.82, 2.24) is 24.5 Å². The normalized spacial score (nSPS) is 22.4. The van der Waals surface area contributed by atoms with Gasteiger partial charge >= 0.3 is 0 Å². The molecule has 186 valence electrons. The van der Waals surface area contributed by atoms with E-state index in [9.17, 15) is 4.79 Å². The van der Waals surface area contributed by atoms with Gasteiger partial charge in [-0.25, -0.2) is 4.68 Å². The fraction of sp³-hybridized carbons (Fsp3) is 0.593. The van der Waals surface area contributed by atoms with E-state index in [1.165, 1.54) is 36.2 Å². The number of nitrogens with zero attached hydrogens (tertiary/aromatic N) is 5. The Kier molecular flexibility index (Phi) is 6.19. The maximum atomic E-state index is 12.5. The van der Waals surface area contributed by atoms with Gasteiger partial charge in [-0.2, -0.15) is 10.2 Å². The Labute approximate surface area is 211 Å². The molecule has 1 aromatic carbocycles. The van der Waals surface area contributed by atoms with Gasteiger partial charge in [0.25, 0.3) is 5.56 Å². The molecule has 7 nitrogen and oxygen atoms in total. The fourth-order valence-corrected chi connectivity index (χ4v) is 6.96. The first-order valence-corrected chi connectivity index (χ1v) is 13.4. The van der Waals surface area contributed by atoms with Crippen LogP contribution in [-0.4, -0.2) is 50.7 Å². The predicted molar refractivity (Wildman–Crippen MR) is 137 cm³/mol. The second kappa shape index (κ2) is 9.34. The summed E-state index contributed by atoms with van der Waals surface area (Å²) in [5, 5.41) is 10.7. The summed E-state index contributed by atoms with van der Waals surface area (Å²) in [6, 6.07) is 6.07. The Morgan fingerprint density at radius 2 is 2.03 bits per heavy atom. The Hall–Kier alpha value is -2.22. The lowest BCUT2D eigenvalue weighted by Gasteiger charge is -2.59. The highest BCUT2D eigenvalue weighted by molar-refractivity contribution is 6.35. The Morgan fingerprint density at radius 3 is 2.80 bits per heavy atom. The monoisotopic (exact) mass is 495 g/mol. The molecule has 0 radical (unpaired) electrons. The van der Waals surface area contributed by atoms with E-state index in [4.69, 9.17) is 16.3 Å². The van der Waals surface area contributed by atoms with Gasteiger partial charge in [-0.3, -0.25) is 9.48 Å². The van der Waals surface area contributed by atoms with Crippen LogP contribution in [0.5, 0.6) is 0 Å². The number of benzene rings is 1. The first-order chi connectivity index (χ1) is 17.0. The van der Waals surface area contributed by atoms with Gasteiger partial charge in [0.15, 0.2) is 6.23 Å². The van der Waals surface area contributed by atoms with E-state index in [1.54, 1.807) is 6.07 Å². The zero-order chi connectivity index (χ0) is 24.0. The largest absolute Gasteiger partial charge is 0.356 e. The Bertz CT molecular complexity index is 1260. The molecular formula is C27H34ClN5O2. The molecule has 0 N–H and O–H groups in total. The second-order valence-electron chi connectivity index (χ2n) is 11.0. The van der Waals surface area contributed by atoms with E-state index >= 15 is 0 Å². The zero-order valence-electron chi connectivity index (χ0n) is 20.5. The quantitative estimate of drug-likeness (QED) is 0.487. The molecule has 3 aliphatic rings. The summed E-state index contributed by atoms with van der Waals surface area (Å²) >= 11 is 6.72. The number of rotatable bonds is 7. The van der Waals surface area contributed by atoms with Gasteiger partial charge in [0, 0.05) is 38.2 Å². The highest BCUT2D eigenvalue weighted by Gasteiger charge is 2.51. The third kappa shape index (κ3) is 4.54. The molecular weight excluding hydrogens is 462 g/mol. The van der Waals surface area contributed by atoms with E-state index in [0.29, 0.717) is 12.0 Å². The minimum atomic E-state index is -0.192. The highest BCUT2D eigenvalue weighted by atomic mass is 35.5. The molecule has 0 bridgehead atoms. The van der Waals surface area contributed by atoms with Crippen LogP contribution >= 0.6 is 11.6 Å². The number of fused-ring (bicyclic) bond motifs is 1. The molecule has 35 heavy (non-hydrogen) atoms. The van der Waals surface area contributed by atoms with Crippen LogP contribution in [0.15, 0.2) is 35.4 Å². The van der Waals surface area contributed by atoms with Crippen molar-refractivity contribution in [3.8, 4) is 0 Å². The van der Waals surface area contributed by atoms with Gasteiger partial charge in [-0.1, -0.05) is 23.7 Å². The molecule has 1 atom stereocenters. The minimum absolute atomic E-state index is 0.0412. The first-order valence-electron chi connectivity index (χ1n) is 13.0. The van der Waals surface area contributed by atoms with Crippen LogP contribution < -0.4 is 5.56 Å². The molecule has 0 amide bonds. The molecule has 8 heteroatoms.